The van der Waals surface area contributed by atoms with Gasteiger partial charge in [-0.2, -0.15) is 0 Å². The van der Waals surface area contributed by atoms with Crippen LogP contribution in [0.2, 0.25) is 0 Å². The summed E-state index contributed by atoms with van der Waals surface area (Å²) in [6, 6.07) is 7.19. The molecule has 1 aliphatic rings. The van der Waals surface area contributed by atoms with Gasteiger partial charge >= 0.3 is 13.6 Å². The second-order valence-electron chi connectivity index (χ2n) is 3.66. The molecule has 1 aromatic carbocycles. The highest BCUT2D eigenvalue weighted by Gasteiger charge is 2.42. The van der Waals surface area contributed by atoms with Crippen molar-refractivity contribution < 1.29 is 18.5 Å². The summed E-state index contributed by atoms with van der Waals surface area (Å²) in [6.45, 7) is 0. The van der Waals surface area contributed by atoms with Gasteiger partial charge in [0.2, 0.25) is 0 Å². The molecule has 0 radical (unpaired) electrons. The quantitative estimate of drug-likeness (QED) is 0.555. The lowest BCUT2D eigenvalue weighted by Gasteiger charge is -2.18. The monoisotopic (exact) mass is 237 g/mol. The molecule has 0 saturated carbocycles. The van der Waals surface area contributed by atoms with Crippen LogP contribution in [0.3, 0.4) is 0 Å². The Morgan fingerprint density at radius 2 is 2.19 bits per heavy atom. The average Bonchev–Trinajstić information content (AvgIpc) is 2.61. The van der Waals surface area contributed by atoms with Crippen LogP contribution in [-0.2, 0) is 11.6 Å². The molecule has 16 heavy (non-hydrogen) atoms. The maximum atomic E-state index is 11.9. The van der Waals surface area contributed by atoms with E-state index in [4.69, 9.17) is 4.52 Å². The Morgan fingerprint density at radius 1 is 1.44 bits per heavy atom. The van der Waals surface area contributed by atoms with Gasteiger partial charge in [-0.15, -0.1) is 4.34 Å². The molecule has 5 nitrogen and oxygen atoms in total. The normalized spacial score (nSPS) is 22.1. The Labute approximate surface area is 92.1 Å². The number of fused-ring (bicyclic) bond motifs is 3. The fourth-order valence-corrected chi connectivity index (χ4v) is 3.11. The van der Waals surface area contributed by atoms with Crippen LogP contribution in [0.5, 0.6) is 5.75 Å². The molecule has 1 aromatic heterocycles. The van der Waals surface area contributed by atoms with Gasteiger partial charge in [-0.25, -0.2) is 9.13 Å². The number of hydrogen-bond acceptors (Lipinski definition) is 2. The van der Waals surface area contributed by atoms with E-state index in [1.165, 1.54) is 4.34 Å². The lowest BCUT2D eigenvalue weighted by atomic mass is 10.2. The highest BCUT2D eigenvalue weighted by Crippen LogP contribution is 2.52. The highest BCUT2D eigenvalue weighted by atomic mass is 31.2. The van der Waals surface area contributed by atoms with Gasteiger partial charge in [0.15, 0.2) is 0 Å². The van der Waals surface area contributed by atoms with E-state index in [0.717, 1.165) is 5.56 Å². The Morgan fingerprint density at radius 3 is 3.00 bits per heavy atom. The first-order chi connectivity index (χ1) is 7.59. The molecule has 2 heterocycles. The fraction of sp³-hybridized carbons (Fsp3) is 0.100. The molecular formula is C10H10N2O3P+. The standard InChI is InChI=1S/C10H9N2O3P/c1-11-6-7-12-10(11)8-4-2-3-5-9(8)15-16(12,13)14/h2-7H,1H3/p+1. The van der Waals surface area contributed by atoms with Crippen LogP contribution >= 0.6 is 7.75 Å². The summed E-state index contributed by atoms with van der Waals surface area (Å²) in [5.74, 6) is 1.11. The van der Waals surface area contributed by atoms with Crippen LogP contribution in [0.1, 0.15) is 0 Å². The maximum Gasteiger partial charge on any atom is 0.581 e. The molecule has 1 unspecified atom stereocenters. The van der Waals surface area contributed by atoms with E-state index in [-0.39, 0.29) is 0 Å². The smallest absolute Gasteiger partial charge is 0.392 e. The van der Waals surface area contributed by atoms with Crippen molar-refractivity contribution in [2.24, 2.45) is 7.05 Å². The lowest BCUT2D eigenvalue weighted by Crippen LogP contribution is -2.30. The minimum absolute atomic E-state index is 0.440. The van der Waals surface area contributed by atoms with Gasteiger partial charge in [0.05, 0.1) is 7.05 Å². The summed E-state index contributed by atoms with van der Waals surface area (Å²) < 4.78 is 20.1. The second kappa shape index (κ2) is 2.97. The molecule has 3 rings (SSSR count). The van der Waals surface area contributed by atoms with Gasteiger partial charge in [-0.3, -0.25) is 4.89 Å². The van der Waals surface area contributed by atoms with Crippen molar-refractivity contribution in [2.75, 3.05) is 0 Å². The molecule has 2 aromatic rings. The van der Waals surface area contributed by atoms with Crippen LogP contribution in [0, 0.1) is 0 Å². The molecule has 0 bridgehead atoms. The molecular weight excluding hydrogens is 227 g/mol. The molecule has 1 aliphatic heterocycles. The van der Waals surface area contributed by atoms with Crippen LogP contribution in [-0.4, -0.2) is 9.23 Å². The van der Waals surface area contributed by atoms with E-state index in [1.54, 1.807) is 29.1 Å². The first-order valence-corrected chi connectivity index (χ1v) is 6.32. The number of nitrogens with zero attached hydrogens (tertiary/aromatic N) is 2. The fourth-order valence-electron chi connectivity index (χ4n) is 1.89. The zero-order valence-electron chi connectivity index (χ0n) is 8.57. The summed E-state index contributed by atoms with van der Waals surface area (Å²) in [6.07, 6.45) is 3.27. The van der Waals surface area contributed by atoms with Crippen molar-refractivity contribution in [2.45, 2.75) is 0 Å². The number of benzene rings is 1. The number of para-hydroxylation sites is 1. The van der Waals surface area contributed by atoms with E-state index in [1.807, 2.05) is 19.2 Å². The molecule has 6 heteroatoms. The van der Waals surface area contributed by atoms with Crippen molar-refractivity contribution in [1.82, 2.24) is 4.34 Å². The minimum Gasteiger partial charge on any atom is -0.392 e. The predicted molar refractivity (Wildman–Crippen MR) is 56.9 cm³/mol. The second-order valence-corrected chi connectivity index (χ2v) is 5.25. The van der Waals surface area contributed by atoms with E-state index in [0.29, 0.717) is 11.6 Å². The van der Waals surface area contributed by atoms with Crippen molar-refractivity contribution in [3.8, 4) is 17.1 Å². The summed E-state index contributed by atoms with van der Waals surface area (Å²) in [5.41, 5.74) is 0.815. The summed E-state index contributed by atoms with van der Waals surface area (Å²) in [7, 11) is -1.96. The summed E-state index contributed by atoms with van der Waals surface area (Å²) in [4.78, 5) is 9.77. The summed E-state index contributed by atoms with van der Waals surface area (Å²) in [5, 5.41) is 0. The number of rotatable bonds is 0. The zero-order chi connectivity index (χ0) is 11.3. The molecule has 82 valence electrons. The van der Waals surface area contributed by atoms with Crippen molar-refractivity contribution >= 4 is 7.75 Å². The van der Waals surface area contributed by atoms with Crippen LogP contribution < -0.4 is 9.09 Å². The van der Waals surface area contributed by atoms with Crippen LogP contribution in [0.15, 0.2) is 36.7 Å². The topological polar surface area (TPSA) is 55.3 Å². The largest absolute Gasteiger partial charge is 0.581 e. The maximum absolute atomic E-state index is 11.9. The lowest BCUT2D eigenvalue weighted by molar-refractivity contribution is -0.659. The molecule has 1 atom stereocenters. The number of aryl methyl sites for hydroxylation is 1. The van der Waals surface area contributed by atoms with Crippen LogP contribution in [0.25, 0.3) is 11.4 Å². The molecule has 0 saturated heterocycles. The number of aromatic nitrogens is 2. The SMILES string of the molecule is C[n+]1ccn2c1-c1ccccc1OP2(=O)O. The van der Waals surface area contributed by atoms with Gasteiger partial charge in [0.1, 0.15) is 23.7 Å². The Hall–Kier alpha value is -1.58. The van der Waals surface area contributed by atoms with Gasteiger partial charge in [0, 0.05) is 0 Å². The first-order valence-electron chi connectivity index (χ1n) is 4.79. The van der Waals surface area contributed by atoms with E-state index >= 15 is 0 Å². The van der Waals surface area contributed by atoms with Crippen molar-refractivity contribution in [3.63, 3.8) is 0 Å². The highest BCUT2D eigenvalue weighted by molar-refractivity contribution is 7.51. The minimum atomic E-state index is -3.79. The van der Waals surface area contributed by atoms with Gasteiger partial charge in [0.25, 0.3) is 0 Å². The first kappa shape index (κ1) is 9.63. The molecule has 0 amide bonds. The van der Waals surface area contributed by atoms with Gasteiger partial charge < -0.3 is 4.52 Å². The molecule has 0 aliphatic carbocycles. The third-order valence-electron chi connectivity index (χ3n) is 2.60. The molecule has 0 spiro atoms. The number of imidazole rings is 1. The van der Waals surface area contributed by atoms with Crippen molar-refractivity contribution in [1.29, 1.82) is 0 Å². The number of hydrogen-bond donors (Lipinski definition) is 1. The summed E-state index contributed by atoms with van der Waals surface area (Å²) >= 11 is 0. The average molecular weight is 237 g/mol. The van der Waals surface area contributed by atoms with E-state index in [9.17, 15) is 9.46 Å². The van der Waals surface area contributed by atoms with Crippen molar-refractivity contribution in [3.05, 3.63) is 36.7 Å². The van der Waals surface area contributed by atoms with Gasteiger partial charge in [-0.1, -0.05) is 12.1 Å². The third kappa shape index (κ3) is 1.16. The molecule has 1 N–H and O–H groups in total. The Balaban J connectivity index is 2.40. The Bertz CT molecular complexity index is 620. The van der Waals surface area contributed by atoms with Gasteiger partial charge in [-0.05, 0) is 12.1 Å². The molecule has 0 fully saturated rings. The third-order valence-corrected chi connectivity index (χ3v) is 3.90. The van der Waals surface area contributed by atoms with Crippen LogP contribution in [0.4, 0.5) is 0 Å². The Kier molecular flexibility index (Phi) is 1.79. The predicted octanol–water partition coefficient (Wildman–Crippen LogP) is 1.32. The van der Waals surface area contributed by atoms with E-state index < -0.39 is 7.75 Å². The zero-order valence-corrected chi connectivity index (χ0v) is 9.46. The van der Waals surface area contributed by atoms with E-state index in [2.05, 4.69) is 0 Å².